The summed E-state index contributed by atoms with van der Waals surface area (Å²) in [4.78, 5) is 2.58. The third kappa shape index (κ3) is 3.30. The smallest absolute Gasteiger partial charge is 0.0376 e. The van der Waals surface area contributed by atoms with E-state index >= 15 is 0 Å². The molecule has 1 saturated heterocycles. The van der Waals surface area contributed by atoms with Gasteiger partial charge in [0.15, 0.2) is 0 Å². The fourth-order valence-corrected chi connectivity index (χ4v) is 3.05. The molecular weight excluding hydrogens is 232 g/mol. The number of anilines is 1. The van der Waals surface area contributed by atoms with Crippen molar-refractivity contribution in [2.45, 2.75) is 59.0 Å². The van der Waals surface area contributed by atoms with E-state index in [1.54, 1.807) is 0 Å². The Labute approximate surface area is 118 Å². The Hall–Kier alpha value is -1.02. The molecule has 0 unspecified atom stereocenters. The van der Waals surface area contributed by atoms with Crippen molar-refractivity contribution < 1.29 is 0 Å². The van der Waals surface area contributed by atoms with Crippen molar-refractivity contribution in [1.82, 2.24) is 5.32 Å². The lowest BCUT2D eigenvalue weighted by Gasteiger charge is -2.42. The second-order valence-corrected chi connectivity index (χ2v) is 7.31. The van der Waals surface area contributed by atoms with Crippen LogP contribution in [-0.4, -0.2) is 24.2 Å². The molecule has 0 aliphatic carbocycles. The predicted octanol–water partition coefficient (Wildman–Crippen LogP) is 3.66. The summed E-state index contributed by atoms with van der Waals surface area (Å²) in [5.74, 6) is 0. The van der Waals surface area contributed by atoms with E-state index in [4.69, 9.17) is 0 Å². The van der Waals surface area contributed by atoms with Crippen molar-refractivity contribution >= 4 is 5.69 Å². The molecule has 2 rings (SSSR count). The number of hydrogen-bond acceptors (Lipinski definition) is 2. The molecule has 2 heteroatoms. The topological polar surface area (TPSA) is 15.3 Å². The zero-order valence-corrected chi connectivity index (χ0v) is 13.3. The second kappa shape index (κ2) is 4.82. The molecule has 0 radical (unpaired) electrons. The maximum Gasteiger partial charge on any atom is 0.0376 e. The van der Waals surface area contributed by atoms with Crippen LogP contribution >= 0.6 is 0 Å². The van der Waals surface area contributed by atoms with Crippen LogP contribution in [0.4, 0.5) is 5.69 Å². The van der Waals surface area contributed by atoms with E-state index in [1.807, 2.05) is 0 Å². The highest BCUT2D eigenvalue weighted by Crippen LogP contribution is 2.31. The van der Waals surface area contributed by atoms with E-state index in [9.17, 15) is 0 Å². The molecule has 0 bridgehead atoms. The summed E-state index contributed by atoms with van der Waals surface area (Å²) in [6, 6.07) is 6.88. The molecule has 1 fully saturated rings. The van der Waals surface area contributed by atoms with Crippen molar-refractivity contribution in [3.05, 3.63) is 29.3 Å². The fourth-order valence-electron chi connectivity index (χ4n) is 3.05. The first-order valence-corrected chi connectivity index (χ1v) is 7.31. The number of hydrogen-bond donors (Lipinski definition) is 1. The van der Waals surface area contributed by atoms with E-state index in [1.165, 1.54) is 23.2 Å². The fraction of sp³-hybridized carbons (Fsp3) is 0.647. The Balaban J connectivity index is 2.42. The zero-order valence-electron chi connectivity index (χ0n) is 13.3. The Morgan fingerprint density at radius 3 is 2.16 bits per heavy atom. The molecule has 106 valence electrons. The molecule has 0 atom stereocenters. The number of benzene rings is 1. The molecule has 1 aromatic carbocycles. The van der Waals surface area contributed by atoms with Crippen molar-refractivity contribution in [1.29, 1.82) is 0 Å². The molecule has 19 heavy (non-hydrogen) atoms. The van der Waals surface area contributed by atoms with Gasteiger partial charge in [0.25, 0.3) is 0 Å². The Bertz CT molecular complexity index is 440. The molecule has 0 spiro atoms. The molecule has 0 amide bonds. The van der Waals surface area contributed by atoms with Gasteiger partial charge in [-0.2, -0.15) is 0 Å². The summed E-state index contributed by atoms with van der Waals surface area (Å²) in [6.07, 6.45) is 1.17. The number of nitrogens with one attached hydrogen (secondary N) is 1. The summed E-state index contributed by atoms with van der Waals surface area (Å²) in [5.41, 5.74) is 4.41. The second-order valence-electron chi connectivity index (χ2n) is 7.31. The molecule has 1 aromatic rings. The highest BCUT2D eigenvalue weighted by Gasteiger charge is 2.35. The largest absolute Gasteiger partial charge is 0.365 e. The zero-order chi connectivity index (χ0) is 14.3. The SMILES string of the molecule is Cc1cc(C)cc(N2CC(C)(C)NCCC2(C)C)c1. The minimum atomic E-state index is 0.158. The third-order valence-corrected chi connectivity index (χ3v) is 4.14. The van der Waals surface area contributed by atoms with Crippen LogP contribution in [0.2, 0.25) is 0 Å². The van der Waals surface area contributed by atoms with Gasteiger partial charge >= 0.3 is 0 Å². The van der Waals surface area contributed by atoms with E-state index in [0.717, 1.165) is 13.1 Å². The lowest BCUT2D eigenvalue weighted by atomic mass is 9.95. The molecular formula is C17H28N2. The van der Waals surface area contributed by atoms with Crippen LogP contribution in [0.15, 0.2) is 18.2 Å². The molecule has 0 aromatic heterocycles. The van der Waals surface area contributed by atoms with Crippen LogP contribution in [0.25, 0.3) is 0 Å². The first kappa shape index (κ1) is 14.4. The summed E-state index contributed by atoms with van der Waals surface area (Å²) < 4.78 is 0. The van der Waals surface area contributed by atoms with Gasteiger partial charge in [0.2, 0.25) is 0 Å². The van der Waals surface area contributed by atoms with Crippen molar-refractivity contribution in [2.75, 3.05) is 18.0 Å². The van der Waals surface area contributed by atoms with Crippen molar-refractivity contribution in [3.63, 3.8) is 0 Å². The predicted molar refractivity (Wildman–Crippen MR) is 84.0 cm³/mol. The quantitative estimate of drug-likeness (QED) is 0.829. The number of nitrogens with zero attached hydrogens (tertiary/aromatic N) is 1. The standard InChI is InChI=1S/C17H28N2/c1-13-9-14(2)11-15(10-13)19-12-16(3,4)18-8-7-17(19,5)6/h9-11,18H,7-8,12H2,1-6H3. The third-order valence-electron chi connectivity index (χ3n) is 4.14. The van der Waals surface area contributed by atoms with E-state index in [0.29, 0.717) is 0 Å². The molecule has 1 N–H and O–H groups in total. The van der Waals surface area contributed by atoms with Gasteiger partial charge in [-0.25, -0.2) is 0 Å². The van der Waals surface area contributed by atoms with Gasteiger partial charge in [0, 0.05) is 23.3 Å². The Morgan fingerprint density at radius 2 is 1.58 bits per heavy atom. The lowest BCUT2D eigenvalue weighted by molar-refractivity contribution is 0.409. The minimum absolute atomic E-state index is 0.158. The van der Waals surface area contributed by atoms with Gasteiger partial charge in [-0.3, -0.25) is 0 Å². The summed E-state index contributed by atoms with van der Waals surface area (Å²) in [6.45, 7) is 15.8. The normalized spacial score (nSPS) is 22.1. The molecule has 1 heterocycles. The maximum atomic E-state index is 3.66. The summed E-state index contributed by atoms with van der Waals surface area (Å²) >= 11 is 0. The highest BCUT2D eigenvalue weighted by atomic mass is 15.2. The average Bonchev–Trinajstić information content (AvgIpc) is 2.33. The van der Waals surface area contributed by atoms with Gasteiger partial charge < -0.3 is 10.2 Å². The maximum absolute atomic E-state index is 3.66. The summed E-state index contributed by atoms with van der Waals surface area (Å²) in [7, 11) is 0. The Kier molecular flexibility index (Phi) is 3.65. The summed E-state index contributed by atoms with van der Waals surface area (Å²) in [5, 5.41) is 3.66. The van der Waals surface area contributed by atoms with Crippen LogP contribution in [0.5, 0.6) is 0 Å². The molecule has 1 aliphatic heterocycles. The lowest BCUT2D eigenvalue weighted by Crippen LogP contribution is -2.51. The van der Waals surface area contributed by atoms with Gasteiger partial charge in [-0.1, -0.05) is 6.07 Å². The van der Waals surface area contributed by atoms with Crippen LogP contribution in [0.3, 0.4) is 0 Å². The van der Waals surface area contributed by atoms with Crippen molar-refractivity contribution in [2.24, 2.45) is 0 Å². The highest BCUT2D eigenvalue weighted by molar-refractivity contribution is 5.53. The van der Waals surface area contributed by atoms with Gasteiger partial charge in [-0.15, -0.1) is 0 Å². The van der Waals surface area contributed by atoms with Crippen LogP contribution in [0, 0.1) is 13.8 Å². The first-order chi connectivity index (χ1) is 8.70. The number of aryl methyl sites for hydroxylation is 2. The average molecular weight is 260 g/mol. The van der Waals surface area contributed by atoms with Crippen LogP contribution < -0.4 is 10.2 Å². The monoisotopic (exact) mass is 260 g/mol. The first-order valence-electron chi connectivity index (χ1n) is 7.31. The van der Waals surface area contributed by atoms with Gasteiger partial charge in [0.05, 0.1) is 0 Å². The van der Waals surface area contributed by atoms with Gasteiger partial charge in [0.1, 0.15) is 0 Å². The molecule has 0 saturated carbocycles. The Morgan fingerprint density at radius 1 is 1.00 bits per heavy atom. The van der Waals surface area contributed by atoms with Crippen LogP contribution in [-0.2, 0) is 0 Å². The van der Waals surface area contributed by atoms with E-state index in [2.05, 4.69) is 70.0 Å². The molecule has 1 aliphatic rings. The van der Waals surface area contributed by atoms with Gasteiger partial charge in [-0.05, 0) is 77.8 Å². The van der Waals surface area contributed by atoms with Crippen molar-refractivity contribution in [3.8, 4) is 0 Å². The minimum Gasteiger partial charge on any atom is -0.365 e. The van der Waals surface area contributed by atoms with E-state index < -0.39 is 0 Å². The number of rotatable bonds is 1. The molecule has 2 nitrogen and oxygen atoms in total. The van der Waals surface area contributed by atoms with Crippen LogP contribution in [0.1, 0.15) is 45.2 Å². The van der Waals surface area contributed by atoms with E-state index in [-0.39, 0.29) is 11.1 Å².